The normalized spacial score (nSPS) is 18.5. The first kappa shape index (κ1) is 12.0. The van der Waals surface area contributed by atoms with Crippen molar-refractivity contribution < 1.29 is 19.1 Å². The van der Waals surface area contributed by atoms with E-state index in [0.717, 1.165) is 12.8 Å². The highest BCUT2D eigenvalue weighted by atomic mass is 16.7. The summed E-state index contributed by atoms with van der Waals surface area (Å²) in [4.78, 5) is 21.9. The van der Waals surface area contributed by atoms with E-state index in [2.05, 4.69) is 0 Å². The van der Waals surface area contributed by atoms with Gasteiger partial charge in [0.2, 0.25) is 6.29 Å². The first-order valence-corrected chi connectivity index (χ1v) is 5.44. The van der Waals surface area contributed by atoms with Gasteiger partial charge < -0.3 is 9.47 Å². The Morgan fingerprint density at radius 1 is 1.27 bits per heavy atom. The van der Waals surface area contributed by atoms with Gasteiger partial charge in [-0.1, -0.05) is 12.8 Å². The molecule has 4 nitrogen and oxygen atoms in total. The lowest BCUT2D eigenvalue weighted by molar-refractivity contribution is -0.183. The van der Waals surface area contributed by atoms with E-state index in [1.54, 1.807) is 6.92 Å². The van der Waals surface area contributed by atoms with Gasteiger partial charge in [-0.15, -0.1) is 0 Å². The molecule has 0 spiro atoms. The van der Waals surface area contributed by atoms with Gasteiger partial charge in [0.05, 0.1) is 0 Å². The quantitative estimate of drug-likeness (QED) is 0.530. The summed E-state index contributed by atoms with van der Waals surface area (Å²) < 4.78 is 9.64. The predicted molar refractivity (Wildman–Crippen MR) is 53.9 cm³/mol. The van der Waals surface area contributed by atoms with Crippen LogP contribution in [0.25, 0.3) is 0 Å². The summed E-state index contributed by atoms with van der Waals surface area (Å²) in [6.07, 6.45) is 4.31. The van der Waals surface area contributed by atoms with E-state index < -0.39 is 12.3 Å². The van der Waals surface area contributed by atoms with Crippen LogP contribution in [0.1, 0.15) is 46.0 Å². The van der Waals surface area contributed by atoms with Gasteiger partial charge in [0.15, 0.2) is 0 Å². The fourth-order valence-corrected chi connectivity index (χ4v) is 1.94. The fourth-order valence-electron chi connectivity index (χ4n) is 1.94. The summed E-state index contributed by atoms with van der Waals surface area (Å²) in [6.45, 7) is 2.84. The van der Waals surface area contributed by atoms with Crippen molar-refractivity contribution in [1.29, 1.82) is 0 Å². The minimum atomic E-state index is -0.767. The number of carbonyl (C=O) groups excluding carboxylic acids is 2. The second kappa shape index (κ2) is 5.73. The van der Waals surface area contributed by atoms with Gasteiger partial charge in [-0.2, -0.15) is 0 Å². The maximum atomic E-state index is 11.4. The third-order valence-corrected chi connectivity index (χ3v) is 2.56. The molecule has 0 heterocycles. The summed E-state index contributed by atoms with van der Waals surface area (Å²) in [5, 5.41) is 0. The van der Waals surface area contributed by atoms with Crippen molar-refractivity contribution in [1.82, 2.24) is 0 Å². The molecule has 0 saturated heterocycles. The fraction of sp³-hybridized carbons (Fsp3) is 0.818. The minimum Gasteiger partial charge on any atom is -0.426 e. The van der Waals surface area contributed by atoms with Crippen molar-refractivity contribution >= 4 is 11.9 Å². The van der Waals surface area contributed by atoms with Crippen molar-refractivity contribution in [2.24, 2.45) is 5.92 Å². The average molecular weight is 214 g/mol. The number of hydrogen-bond acceptors (Lipinski definition) is 4. The highest BCUT2D eigenvalue weighted by Crippen LogP contribution is 2.27. The van der Waals surface area contributed by atoms with E-state index in [4.69, 9.17) is 9.47 Å². The summed E-state index contributed by atoms with van der Waals surface area (Å²) in [7, 11) is 0. The summed E-state index contributed by atoms with van der Waals surface area (Å²) in [5.41, 5.74) is 0. The van der Waals surface area contributed by atoms with Crippen LogP contribution < -0.4 is 0 Å². The number of hydrogen-bond donors (Lipinski definition) is 0. The molecular weight excluding hydrogens is 196 g/mol. The third kappa shape index (κ3) is 4.81. The summed E-state index contributed by atoms with van der Waals surface area (Å²) >= 11 is 0. The smallest absolute Gasteiger partial charge is 0.309 e. The Morgan fingerprint density at radius 3 is 2.40 bits per heavy atom. The largest absolute Gasteiger partial charge is 0.426 e. The average Bonchev–Trinajstić information content (AvgIpc) is 2.53. The van der Waals surface area contributed by atoms with Gasteiger partial charge in [-0.3, -0.25) is 9.59 Å². The Labute approximate surface area is 89.9 Å². The Kier molecular flexibility index (Phi) is 4.59. The van der Waals surface area contributed by atoms with E-state index >= 15 is 0 Å². The molecule has 0 radical (unpaired) electrons. The Balaban J connectivity index is 2.19. The van der Waals surface area contributed by atoms with E-state index in [1.165, 1.54) is 19.8 Å². The number of esters is 2. The number of carbonyl (C=O) groups is 2. The molecule has 4 heteroatoms. The minimum absolute atomic E-state index is 0.268. The second-order valence-corrected chi connectivity index (χ2v) is 4.02. The molecule has 0 aromatic rings. The highest BCUT2D eigenvalue weighted by Gasteiger charge is 2.20. The second-order valence-electron chi connectivity index (χ2n) is 4.02. The molecule has 1 unspecified atom stereocenters. The Hall–Kier alpha value is -1.06. The topological polar surface area (TPSA) is 52.6 Å². The number of ether oxygens (including phenoxy) is 2. The monoisotopic (exact) mass is 214 g/mol. The molecular formula is C11H18O4. The Bertz CT molecular complexity index is 231. The zero-order valence-electron chi connectivity index (χ0n) is 9.32. The Morgan fingerprint density at radius 2 is 1.87 bits per heavy atom. The van der Waals surface area contributed by atoms with Crippen LogP contribution in [-0.4, -0.2) is 18.2 Å². The summed E-state index contributed by atoms with van der Waals surface area (Å²) in [6, 6.07) is 0. The van der Waals surface area contributed by atoms with Crippen LogP contribution in [0.3, 0.4) is 0 Å². The van der Waals surface area contributed by atoms with Crippen molar-refractivity contribution in [3.05, 3.63) is 0 Å². The molecule has 86 valence electrons. The molecule has 15 heavy (non-hydrogen) atoms. The molecule has 0 aromatic carbocycles. The lowest BCUT2D eigenvalue weighted by atomic mass is 10.0. The molecule has 0 amide bonds. The third-order valence-electron chi connectivity index (χ3n) is 2.56. The standard InChI is InChI=1S/C11H18O4/c1-8(12)14-9(2)15-11(13)7-10-5-3-4-6-10/h9-10H,3-7H2,1-2H3. The van der Waals surface area contributed by atoms with Crippen LogP contribution >= 0.6 is 0 Å². The van der Waals surface area contributed by atoms with Crippen LogP contribution in [0.2, 0.25) is 0 Å². The van der Waals surface area contributed by atoms with Crippen LogP contribution in [-0.2, 0) is 19.1 Å². The molecule has 0 N–H and O–H groups in total. The molecule has 1 rings (SSSR count). The van der Waals surface area contributed by atoms with Crippen LogP contribution in [0, 0.1) is 5.92 Å². The van der Waals surface area contributed by atoms with Gasteiger partial charge in [0.25, 0.3) is 0 Å². The van der Waals surface area contributed by atoms with Crippen molar-refractivity contribution in [3.8, 4) is 0 Å². The molecule has 0 aliphatic heterocycles. The van der Waals surface area contributed by atoms with Crippen molar-refractivity contribution in [3.63, 3.8) is 0 Å². The van der Waals surface area contributed by atoms with Gasteiger partial charge in [-0.05, 0) is 18.8 Å². The van der Waals surface area contributed by atoms with Gasteiger partial charge in [-0.25, -0.2) is 0 Å². The highest BCUT2D eigenvalue weighted by molar-refractivity contribution is 5.70. The maximum absolute atomic E-state index is 11.4. The van der Waals surface area contributed by atoms with Crippen molar-refractivity contribution in [2.45, 2.75) is 52.2 Å². The summed E-state index contributed by atoms with van der Waals surface area (Å²) in [5.74, 6) is -0.242. The predicted octanol–water partition coefficient (Wildman–Crippen LogP) is 2.02. The molecule has 1 atom stereocenters. The van der Waals surface area contributed by atoms with E-state index in [-0.39, 0.29) is 5.97 Å². The maximum Gasteiger partial charge on any atom is 0.309 e. The molecule has 1 fully saturated rings. The van der Waals surface area contributed by atoms with Crippen molar-refractivity contribution in [2.75, 3.05) is 0 Å². The zero-order chi connectivity index (χ0) is 11.3. The molecule has 0 aromatic heterocycles. The van der Waals surface area contributed by atoms with Crippen LogP contribution in [0.5, 0.6) is 0 Å². The molecule has 0 bridgehead atoms. The van der Waals surface area contributed by atoms with Gasteiger partial charge in [0.1, 0.15) is 0 Å². The van der Waals surface area contributed by atoms with Crippen LogP contribution in [0.4, 0.5) is 0 Å². The van der Waals surface area contributed by atoms with Gasteiger partial charge in [0, 0.05) is 20.3 Å². The van der Waals surface area contributed by atoms with E-state index in [0.29, 0.717) is 12.3 Å². The number of rotatable bonds is 4. The molecule has 1 aliphatic carbocycles. The van der Waals surface area contributed by atoms with Gasteiger partial charge >= 0.3 is 11.9 Å². The molecule has 1 aliphatic rings. The first-order valence-electron chi connectivity index (χ1n) is 5.44. The molecule has 1 saturated carbocycles. The lowest BCUT2D eigenvalue weighted by Gasteiger charge is -2.14. The first-order chi connectivity index (χ1) is 7.08. The van der Waals surface area contributed by atoms with E-state index in [1.807, 2.05) is 0 Å². The SMILES string of the molecule is CC(=O)OC(C)OC(=O)CC1CCCC1. The van der Waals surface area contributed by atoms with Crippen LogP contribution in [0.15, 0.2) is 0 Å². The van der Waals surface area contributed by atoms with E-state index in [9.17, 15) is 9.59 Å². The lowest BCUT2D eigenvalue weighted by Crippen LogP contribution is -2.21. The zero-order valence-corrected chi connectivity index (χ0v) is 9.32.